The lowest BCUT2D eigenvalue weighted by atomic mass is 9.85. The Bertz CT molecular complexity index is 848. The molecule has 0 saturated heterocycles. The maximum Gasteiger partial charge on any atom is 0.472 e. The molecule has 12 nitrogen and oxygen atoms in total. The van der Waals surface area contributed by atoms with E-state index in [0.29, 0.717) is 13.0 Å². The molecule has 0 aromatic heterocycles. The second kappa shape index (κ2) is 29.8. The van der Waals surface area contributed by atoms with E-state index < -0.39 is 63.1 Å². The van der Waals surface area contributed by atoms with Gasteiger partial charge in [0.2, 0.25) is 0 Å². The zero-order valence-corrected chi connectivity index (χ0v) is 32.1. The van der Waals surface area contributed by atoms with Crippen molar-refractivity contribution in [3.8, 4) is 0 Å². The monoisotopic (exact) mass is 740 g/mol. The summed E-state index contributed by atoms with van der Waals surface area (Å²) in [5.74, 6) is -0.476. The Labute approximate surface area is 302 Å². The zero-order chi connectivity index (χ0) is 37.0. The average molecular weight is 741 g/mol. The molecule has 0 spiro atoms. The number of ether oxygens (including phenoxy) is 2. The van der Waals surface area contributed by atoms with Crippen molar-refractivity contribution in [1.82, 2.24) is 0 Å². The van der Waals surface area contributed by atoms with Crippen LogP contribution in [0.1, 0.15) is 168 Å². The first kappa shape index (κ1) is 47.4. The van der Waals surface area contributed by atoms with Gasteiger partial charge in [-0.25, -0.2) is 4.57 Å². The summed E-state index contributed by atoms with van der Waals surface area (Å²) in [4.78, 5) is 23.0. The molecule has 1 saturated carbocycles. The molecule has 1 rings (SSSR count). The highest BCUT2D eigenvalue weighted by Gasteiger charge is 2.51. The van der Waals surface area contributed by atoms with Crippen LogP contribution in [0.2, 0.25) is 0 Å². The van der Waals surface area contributed by atoms with Gasteiger partial charge in [0.1, 0.15) is 42.7 Å². The van der Waals surface area contributed by atoms with E-state index in [1.807, 2.05) is 0 Å². The fourth-order valence-corrected chi connectivity index (χ4v) is 7.21. The fraction of sp³-hybridized carbons (Fsp3) is 0.973. The minimum atomic E-state index is -5.00. The van der Waals surface area contributed by atoms with Gasteiger partial charge >= 0.3 is 13.8 Å². The van der Waals surface area contributed by atoms with Crippen LogP contribution in [0.5, 0.6) is 0 Å². The number of carbonyl (C=O) groups excluding carboxylic acids is 1. The molecule has 1 aliphatic rings. The summed E-state index contributed by atoms with van der Waals surface area (Å²) in [5, 5.41) is 49.9. The molecule has 1 fully saturated rings. The minimum Gasteiger partial charge on any atom is -0.457 e. The summed E-state index contributed by atoms with van der Waals surface area (Å²) < 4.78 is 34.0. The van der Waals surface area contributed by atoms with E-state index in [1.54, 1.807) is 0 Å². The molecule has 0 bridgehead atoms. The lowest BCUT2D eigenvalue weighted by molar-refractivity contribution is -0.220. The number of unbranched alkanes of at least 4 members (excludes halogenated alkanes) is 21. The van der Waals surface area contributed by atoms with Crippen molar-refractivity contribution in [3.63, 3.8) is 0 Å². The third-order valence-electron chi connectivity index (χ3n) is 9.48. The minimum absolute atomic E-state index is 0.0692. The SMILES string of the molecule is CCCCCCCCCCCCCCC(=O)OC(COCCCCCCCCCCCCC)COP(=O)(O)OC1C(O)C(O)C(O)C(O)C1O. The normalized spacial score (nSPS) is 24.2. The van der Waals surface area contributed by atoms with Crippen molar-refractivity contribution in [2.75, 3.05) is 19.8 Å². The maximum absolute atomic E-state index is 12.7. The number of carbonyl (C=O) groups is 1. The van der Waals surface area contributed by atoms with Crippen LogP contribution >= 0.6 is 7.82 Å². The van der Waals surface area contributed by atoms with Crippen LogP contribution in [0.4, 0.5) is 0 Å². The predicted octanol–water partition coefficient (Wildman–Crippen LogP) is 6.64. The molecular formula is C37H73O12P. The number of phosphoric acid groups is 1. The van der Waals surface area contributed by atoms with Crippen molar-refractivity contribution in [3.05, 3.63) is 0 Å². The number of phosphoric ester groups is 1. The highest BCUT2D eigenvalue weighted by atomic mass is 31.2. The van der Waals surface area contributed by atoms with E-state index >= 15 is 0 Å². The van der Waals surface area contributed by atoms with E-state index in [9.17, 15) is 39.8 Å². The molecular weight excluding hydrogens is 667 g/mol. The van der Waals surface area contributed by atoms with Crippen LogP contribution in [0.25, 0.3) is 0 Å². The van der Waals surface area contributed by atoms with E-state index in [2.05, 4.69) is 13.8 Å². The third-order valence-corrected chi connectivity index (χ3v) is 10.5. The lowest BCUT2D eigenvalue weighted by Gasteiger charge is -2.41. The number of aliphatic hydroxyl groups is 5. The first-order chi connectivity index (χ1) is 24.0. The van der Waals surface area contributed by atoms with Crippen molar-refractivity contribution < 1.29 is 58.3 Å². The van der Waals surface area contributed by atoms with Crippen molar-refractivity contribution >= 4 is 13.8 Å². The summed E-state index contributed by atoms with van der Waals surface area (Å²) in [7, 11) is -5.00. The van der Waals surface area contributed by atoms with Crippen molar-refractivity contribution in [2.45, 2.75) is 211 Å². The summed E-state index contributed by atoms with van der Waals surface area (Å²) in [6, 6.07) is 0. The topological polar surface area (TPSA) is 192 Å². The molecule has 0 aromatic carbocycles. The molecule has 0 amide bonds. The largest absolute Gasteiger partial charge is 0.472 e. The molecule has 0 heterocycles. The first-order valence-corrected chi connectivity index (χ1v) is 21.4. The second-order valence-electron chi connectivity index (χ2n) is 14.1. The molecule has 13 heteroatoms. The van der Waals surface area contributed by atoms with E-state index in [-0.39, 0.29) is 13.0 Å². The molecule has 1 aliphatic carbocycles. The van der Waals surface area contributed by atoms with Gasteiger partial charge in [-0.05, 0) is 12.8 Å². The van der Waals surface area contributed by atoms with Crippen LogP contribution in [0.15, 0.2) is 0 Å². The summed E-state index contributed by atoms with van der Waals surface area (Å²) in [5.41, 5.74) is 0. The standard InChI is InChI=1S/C37H73O12P/c1-3-5-7-9-11-13-15-16-18-20-22-24-26-31(38)48-30(28-46-27-25-23-21-19-17-14-12-10-8-6-4-2)29-47-50(44,45)49-37-35(42)33(40)32(39)34(41)36(37)43/h30,32-37,39-43H,3-29H2,1-2H3,(H,44,45). The van der Waals surface area contributed by atoms with Gasteiger partial charge < -0.3 is 39.9 Å². The number of rotatable bonds is 33. The smallest absolute Gasteiger partial charge is 0.457 e. The van der Waals surface area contributed by atoms with Gasteiger partial charge in [-0.3, -0.25) is 13.8 Å². The van der Waals surface area contributed by atoms with Crippen molar-refractivity contribution in [1.29, 1.82) is 0 Å². The van der Waals surface area contributed by atoms with Crippen LogP contribution in [-0.2, 0) is 27.9 Å². The number of aliphatic hydroxyl groups excluding tert-OH is 5. The molecule has 6 unspecified atom stereocenters. The first-order valence-electron chi connectivity index (χ1n) is 19.9. The van der Waals surface area contributed by atoms with E-state index in [1.165, 1.54) is 103 Å². The summed E-state index contributed by atoms with van der Waals surface area (Å²) in [6.45, 7) is 4.24. The van der Waals surface area contributed by atoms with Gasteiger partial charge in [0, 0.05) is 13.0 Å². The molecule has 0 aliphatic heterocycles. The quantitative estimate of drug-likeness (QED) is 0.0239. The lowest BCUT2D eigenvalue weighted by Crippen LogP contribution is -2.64. The van der Waals surface area contributed by atoms with Gasteiger partial charge in [-0.1, -0.05) is 149 Å². The molecule has 50 heavy (non-hydrogen) atoms. The third kappa shape index (κ3) is 22.4. The van der Waals surface area contributed by atoms with Gasteiger partial charge in [-0.15, -0.1) is 0 Å². The molecule has 298 valence electrons. The Kier molecular flexibility index (Phi) is 28.2. The van der Waals surface area contributed by atoms with Gasteiger partial charge in [0.15, 0.2) is 0 Å². The Morgan fingerprint density at radius 3 is 1.38 bits per heavy atom. The Hall–Kier alpha value is -0.660. The highest BCUT2D eigenvalue weighted by Crippen LogP contribution is 2.47. The zero-order valence-electron chi connectivity index (χ0n) is 31.2. The van der Waals surface area contributed by atoms with Gasteiger partial charge in [0.25, 0.3) is 0 Å². The van der Waals surface area contributed by atoms with Crippen LogP contribution in [0, 0.1) is 0 Å². The number of hydrogen-bond donors (Lipinski definition) is 6. The molecule has 6 atom stereocenters. The summed E-state index contributed by atoms with van der Waals surface area (Å²) in [6.07, 6.45) is 14.7. The average Bonchev–Trinajstić information content (AvgIpc) is 3.09. The van der Waals surface area contributed by atoms with E-state index in [0.717, 1.165) is 38.5 Å². The second-order valence-corrected chi connectivity index (χ2v) is 15.6. The molecule has 0 aromatic rings. The van der Waals surface area contributed by atoms with E-state index in [4.69, 9.17) is 18.5 Å². The van der Waals surface area contributed by atoms with Crippen molar-refractivity contribution in [2.24, 2.45) is 0 Å². The van der Waals surface area contributed by atoms with Gasteiger partial charge in [-0.2, -0.15) is 0 Å². The Morgan fingerprint density at radius 1 is 0.560 bits per heavy atom. The molecule has 6 N–H and O–H groups in total. The number of hydrogen-bond acceptors (Lipinski definition) is 11. The maximum atomic E-state index is 12.7. The van der Waals surface area contributed by atoms with Gasteiger partial charge in [0.05, 0.1) is 13.2 Å². The van der Waals surface area contributed by atoms with Crippen LogP contribution in [0.3, 0.4) is 0 Å². The Morgan fingerprint density at radius 2 is 0.940 bits per heavy atom. The predicted molar refractivity (Wildman–Crippen MR) is 194 cm³/mol. The molecule has 0 radical (unpaired) electrons. The summed E-state index contributed by atoms with van der Waals surface area (Å²) >= 11 is 0. The highest BCUT2D eigenvalue weighted by molar-refractivity contribution is 7.47. The number of esters is 1. The fourth-order valence-electron chi connectivity index (χ4n) is 6.24. The van der Waals surface area contributed by atoms with Crippen LogP contribution < -0.4 is 0 Å². The Balaban J connectivity index is 2.46. The van der Waals surface area contributed by atoms with Crippen LogP contribution in [-0.4, -0.2) is 98.9 Å².